The van der Waals surface area contributed by atoms with Crippen molar-refractivity contribution in [1.29, 1.82) is 0 Å². The first-order valence-corrected chi connectivity index (χ1v) is 9.28. The van der Waals surface area contributed by atoms with E-state index in [1.54, 1.807) is 11.8 Å². The van der Waals surface area contributed by atoms with Crippen molar-refractivity contribution in [2.24, 2.45) is 0 Å². The van der Waals surface area contributed by atoms with Crippen LogP contribution in [0.15, 0.2) is 0 Å². The summed E-state index contributed by atoms with van der Waals surface area (Å²) < 4.78 is 52.3. The molecule has 0 bridgehead atoms. The number of alkyl halides is 2. The number of carbonyl (C=O) groups excluding carboxylic acids is 1. The second-order valence-electron chi connectivity index (χ2n) is 6.03. The molecule has 2 saturated heterocycles. The monoisotopic (exact) mass is 375 g/mol. The van der Waals surface area contributed by atoms with Gasteiger partial charge in [0.15, 0.2) is 0 Å². The molecule has 0 aromatic rings. The van der Waals surface area contributed by atoms with Gasteiger partial charge in [0.2, 0.25) is 15.9 Å². The summed E-state index contributed by atoms with van der Waals surface area (Å²) in [6.07, 6.45) is 1.11. The number of piperidine rings is 1. The molecule has 0 aromatic heterocycles. The van der Waals surface area contributed by atoms with Crippen LogP contribution in [-0.2, 0) is 14.8 Å². The smallest absolute Gasteiger partial charge is 0.262 e. The lowest BCUT2D eigenvalue weighted by Crippen LogP contribution is -2.51. The van der Waals surface area contributed by atoms with E-state index < -0.39 is 35.0 Å². The van der Waals surface area contributed by atoms with Gasteiger partial charge in [-0.25, -0.2) is 21.9 Å². The number of amides is 1. The summed E-state index contributed by atoms with van der Waals surface area (Å²) in [5.41, 5.74) is 0. The Kier molecular flexibility index (Phi) is 7.18. The van der Waals surface area contributed by atoms with Gasteiger partial charge >= 0.3 is 0 Å². The van der Waals surface area contributed by atoms with Gasteiger partial charge in [0.05, 0.1) is 18.3 Å². The van der Waals surface area contributed by atoms with E-state index in [4.69, 9.17) is 0 Å². The molecule has 2 fully saturated rings. The fourth-order valence-electron chi connectivity index (χ4n) is 2.91. The van der Waals surface area contributed by atoms with Gasteiger partial charge in [-0.15, -0.1) is 12.4 Å². The van der Waals surface area contributed by atoms with Gasteiger partial charge in [-0.2, -0.15) is 0 Å². The highest BCUT2D eigenvalue weighted by molar-refractivity contribution is 7.89. The molecule has 23 heavy (non-hydrogen) atoms. The molecular weight excluding hydrogens is 352 g/mol. The fraction of sp³-hybridized carbons (Fsp3) is 0.923. The van der Waals surface area contributed by atoms with E-state index in [1.165, 1.54) is 0 Å². The molecule has 1 unspecified atom stereocenters. The fourth-order valence-corrected chi connectivity index (χ4v) is 4.31. The molecule has 2 rings (SSSR count). The van der Waals surface area contributed by atoms with Crippen LogP contribution in [0.2, 0.25) is 0 Å². The normalized spacial score (nSPS) is 25.2. The van der Waals surface area contributed by atoms with E-state index in [0.29, 0.717) is 32.4 Å². The number of sulfonamides is 1. The maximum absolute atomic E-state index is 13.1. The molecular formula is C13H24ClF2N3O3S. The first-order chi connectivity index (χ1) is 10.2. The van der Waals surface area contributed by atoms with Crippen LogP contribution in [0.1, 0.15) is 32.6 Å². The minimum atomic E-state index is -3.27. The van der Waals surface area contributed by atoms with Crippen LogP contribution in [0.5, 0.6) is 0 Å². The van der Waals surface area contributed by atoms with Crippen LogP contribution in [0, 0.1) is 0 Å². The lowest BCUT2D eigenvalue weighted by Gasteiger charge is -2.33. The van der Waals surface area contributed by atoms with Crippen molar-refractivity contribution in [3.8, 4) is 0 Å². The highest BCUT2D eigenvalue weighted by Gasteiger charge is 2.43. The van der Waals surface area contributed by atoms with E-state index in [2.05, 4.69) is 10.0 Å². The Labute approximate surface area is 141 Å². The van der Waals surface area contributed by atoms with Crippen LogP contribution in [0.25, 0.3) is 0 Å². The summed E-state index contributed by atoms with van der Waals surface area (Å²) in [5.74, 6) is -3.05. The quantitative estimate of drug-likeness (QED) is 0.742. The Morgan fingerprint density at radius 2 is 1.96 bits per heavy atom. The number of likely N-dealkylation sites (tertiary alicyclic amines) is 1. The summed E-state index contributed by atoms with van der Waals surface area (Å²) in [7, 11) is -3.27. The van der Waals surface area contributed by atoms with Crippen LogP contribution >= 0.6 is 12.4 Å². The molecule has 1 atom stereocenters. The van der Waals surface area contributed by atoms with Crippen LogP contribution in [-0.4, -0.2) is 62.6 Å². The molecule has 0 spiro atoms. The second kappa shape index (κ2) is 8.04. The van der Waals surface area contributed by atoms with Gasteiger partial charge in [-0.3, -0.25) is 10.1 Å². The number of hydrogen-bond acceptors (Lipinski definition) is 4. The summed E-state index contributed by atoms with van der Waals surface area (Å²) >= 11 is 0. The molecule has 2 N–H and O–H groups in total. The maximum atomic E-state index is 13.1. The van der Waals surface area contributed by atoms with Crippen molar-refractivity contribution in [3.63, 3.8) is 0 Å². The molecule has 1 amide bonds. The summed E-state index contributed by atoms with van der Waals surface area (Å²) in [6, 6.07) is -1.01. The Hall–Kier alpha value is -0.510. The first-order valence-electron chi connectivity index (χ1n) is 7.62. The van der Waals surface area contributed by atoms with Crippen molar-refractivity contribution in [3.05, 3.63) is 0 Å². The zero-order chi connectivity index (χ0) is 16.4. The van der Waals surface area contributed by atoms with Gasteiger partial charge < -0.3 is 4.90 Å². The largest absolute Gasteiger partial charge is 0.341 e. The Bertz CT molecular complexity index is 511. The SMILES string of the molecule is CCCS(=O)(=O)NC1CCN(C(=O)C2CC(F)(F)CN2)CC1.Cl. The molecule has 0 saturated carbocycles. The van der Waals surface area contributed by atoms with Crippen molar-refractivity contribution >= 4 is 28.3 Å². The van der Waals surface area contributed by atoms with Crippen LogP contribution in [0.4, 0.5) is 8.78 Å². The highest BCUT2D eigenvalue weighted by Crippen LogP contribution is 2.26. The lowest BCUT2D eigenvalue weighted by molar-refractivity contribution is -0.134. The molecule has 2 heterocycles. The summed E-state index contributed by atoms with van der Waals surface area (Å²) in [5, 5.41) is 2.56. The maximum Gasteiger partial charge on any atom is 0.262 e. The number of carbonyl (C=O) groups is 1. The predicted molar refractivity (Wildman–Crippen MR) is 85.4 cm³/mol. The van der Waals surface area contributed by atoms with E-state index in [-0.39, 0.29) is 30.1 Å². The predicted octanol–water partition coefficient (Wildman–Crippen LogP) is 0.726. The number of nitrogens with one attached hydrogen (secondary N) is 2. The van der Waals surface area contributed by atoms with Crippen LogP contribution in [0.3, 0.4) is 0 Å². The first kappa shape index (κ1) is 20.5. The van der Waals surface area contributed by atoms with Crippen molar-refractivity contribution in [2.45, 2.75) is 50.6 Å². The zero-order valence-electron chi connectivity index (χ0n) is 13.1. The van der Waals surface area contributed by atoms with Gasteiger partial charge in [-0.1, -0.05) is 6.92 Å². The minimum Gasteiger partial charge on any atom is -0.341 e. The van der Waals surface area contributed by atoms with E-state index in [9.17, 15) is 22.0 Å². The number of halogens is 3. The van der Waals surface area contributed by atoms with Crippen molar-refractivity contribution in [1.82, 2.24) is 14.9 Å². The van der Waals surface area contributed by atoms with Crippen LogP contribution < -0.4 is 10.0 Å². The molecule has 0 aliphatic carbocycles. The topological polar surface area (TPSA) is 78.5 Å². The van der Waals surface area contributed by atoms with Gasteiger partial charge in [-0.05, 0) is 19.3 Å². The van der Waals surface area contributed by atoms with Gasteiger partial charge in [0.25, 0.3) is 5.92 Å². The van der Waals surface area contributed by atoms with Crippen molar-refractivity contribution in [2.75, 3.05) is 25.4 Å². The third-order valence-corrected chi connectivity index (χ3v) is 5.67. The summed E-state index contributed by atoms with van der Waals surface area (Å²) in [4.78, 5) is 13.7. The number of hydrogen-bond donors (Lipinski definition) is 2. The molecule has 0 radical (unpaired) electrons. The standard InChI is InChI=1S/C13H23F2N3O3S.ClH/c1-2-7-22(20,21)17-10-3-5-18(6-4-10)12(19)11-8-13(14,15)9-16-11;/h10-11,16-17H,2-9H2,1H3;1H. The summed E-state index contributed by atoms with van der Waals surface area (Å²) in [6.45, 7) is 2.12. The third-order valence-electron chi connectivity index (χ3n) is 4.03. The zero-order valence-corrected chi connectivity index (χ0v) is 14.7. The van der Waals surface area contributed by atoms with Gasteiger partial charge in [0, 0.05) is 25.6 Å². The Morgan fingerprint density at radius 1 is 1.35 bits per heavy atom. The Balaban J connectivity index is 0.00000264. The molecule has 2 aliphatic rings. The number of rotatable bonds is 5. The highest BCUT2D eigenvalue weighted by atomic mass is 35.5. The molecule has 0 aromatic carbocycles. The second-order valence-corrected chi connectivity index (χ2v) is 7.90. The average Bonchev–Trinajstić information content (AvgIpc) is 2.78. The third kappa shape index (κ3) is 5.81. The van der Waals surface area contributed by atoms with E-state index >= 15 is 0 Å². The average molecular weight is 376 g/mol. The van der Waals surface area contributed by atoms with E-state index in [1.807, 2.05) is 0 Å². The molecule has 136 valence electrons. The molecule has 10 heteroatoms. The Morgan fingerprint density at radius 3 is 2.43 bits per heavy atom. The number of nitrogens with zero attached hydrogens (tertiary/aromatic N) is 1. The lowest BCUT2D eigenvalue weighted by atomic mass is 10.0. The molecule has 2 aliphatic heterocycles. The van der Waals surface area contributed by atoms with Crippen molar-refractivity contribution < 1.29 is 22.0 Å². The van der Waals surface area contributed by atoms with Gasteiger partial charge in [0.1, 0.15) is 0 Å². The van der Waals surface area contributed by atoms with E-state index in [0.717, 1.165) is 0 Å². The minimum absolute atomic E-state index is 0. The molecule has 6 nitrogen and oxygen atoms in total.